The molecule has 1 aromatic rings. The minimum atomic E-state index is -4.39. The lowest BCUT2D eigenvalue weighted by Crippen LogP contribution is -2.15. The summed E-state index contributed by atoms with van der Waals surface area (Å²) in [5, 5.41) is 5.64. The summed E-state index contributed by atoms with van der Waals surface area (Å²) >= 11 is 0. The van der Waals surface area contributed by atoms with E-state index in [1.165, 1.54) is 63.5 Å². The number of unbranched alkanes of at least 4 members (excludes halogenated alkanes) is 10. The van der Waals surface area contributed by atoms with Crippen molar-refractivity contribution in [2.45, 2.75) is 104 Å². The Bertz CT molecular complexity index is 817. The maximum Gasteiger partial charge on any atom is 0.527 e. The molecule has 0 aliphatic heterocycles. The van der Waals surface area contributed by atoms with Gasteiger partial charge in [-0.3, -0.25) is 19.0 Å². The normalized spacial score (nSPS) is 12.8. The summed E-state index contributed by atoms with van der Waals surface area (Å²) in [6, 6.07) is 4.48. The summed E-state index contributed by atoms with van der Waals surface area (Å²) in [6.07, 6.45) is 14.7. The number of rotatable bonds is 22. The van der Waals surface area contributed by atoms with Gasteiger partial charge in [-0.05, 0) is 38.1 Å². The van der Waals surface area contributed by atoms with E-state index in [4.69, 9.17) is 9.05 Å². The van der Waals surface area contributed by atoms with Gasteiger partial charge >= 0.3 is 7.82 Å². The standard InChI is InChI=1S/C27H47N2O6P/c1-4-6-7-8-9-10-11-12-13-14-15-17-27(31)29-23-18-19-26(24(22-23)25(30)16-5-2)35-36(32,33)34-21-20-28-3/h18-19,22,28H,4-17,20-21H2,1-3H3,(H,29,31)(H,32,33). The van der Waals surface area contributed by atoms with Crippen molar-refractivity contribution in [1.29, 1.82) is 0 Å². The van der Waals surface area contributed by atoms with Crippen molar-refractivity contribution in [2.24, 2.45) is 0 Å². The molecule has 0 saturated carbocycles. The fourth-order valence-corrected chi connectivity index (χ4v) is 4.64. The molecular weight excluding hydrogens is 479 g/mol. The van der Waals surface area contributed by atoms with Crippen LogP contribution in [0, 0.1) is 0 Å². The fourth-order valence-electron chi connectivity index (χ4n) is 3.85. The van der Waals surface area contributed by atoms with Crippen LogP contribution in [0.4, 0.5) is 5.69 Å². The smallest absolute Gasteiger partial charge is 0.403 e. The molecule has 0 heterocycles. The van der Waals surface area contributed by atoms with Crippen molar-refractivity contribution in [3.05, 3.63) is 23.8 Å². The number of carbonyl (C=O) groups is 2. The zero-order valence-electron chi connectivity index (χ0n) is 22.5. The highest BCUT2D eigenvalue weighted by molar-refractivity contribution is 7.47. The van der Waals surface area contributed by atoms with Crippen LogP contribution in [0.25, 0.3) is 0 Å². The first-order valence-corrected chi connectivity index (χ1v) is 15.1. The van der Waals surface area contributed by atoms with E-state index < -0.39 is 7.82 Å². The molecule has 0 aliphatic carbocycles. The summed E-state index contributed by atoms with van der Waals surface area (Å²) < 4.78 is 22.3. The number of phosphoric acid groups is 1. The average Bonchev–Trinajstić information content (AvgIpc) is 2.83. The lowest BCUT2D eigenvalue weighted by molar-refractivity contribution is -0.116. The first-order chi connectivity index (χ1) is 17.3. The second kappa shape index (κ2) is 19.4. The zero-order chi connectivity index (χ0) is 26.7. The monoisotopic (exact) mass is 526 g/mol. The van der Waals surface area contributed by atoms with E-state index in [9.17, 15) is 19.0 Å². The maximum absolute atomic E-state index is 12.6. The van der Waals surface area contributed by atoms with E-state index in [2.05, 4.69) is 17.6 Å². The highest BCUT2D eigenvalue weighted by atomic mass is 31.2. The van der Waals surface area contributed by atoms with Crippen LogP contribution >= 0.6 is 7.82 Å². The van der Waals surface area contributed by atoms with E-state index in [0.29, 0.717) is 25.1 Å². The Balaban J connectivity index is 2.51. The Morgan fingerprint density at radius 2 is 1.50 bits per heavy atom. The van der Waals surface area contributed by atoms with Crippen LogP contribution in [0.3, 0.4) is 0 Å². The Morgan fingerprint density at radius 1 is 0.889 bits per heavy atom. The number of anilines is 1. The number of amides is 1. The number of benzene rings is 1. The van der Waals surface area contributed by atoms with Gasteiger partial charge in [0.25, 0.3) is 0 Å². The molecule has 0 fully saturated rings. The summed E-state index contributed by atoms with van der Waals surface area (Å²) in [5.74, 6) is -0.381. The van der Waals surface area contributed by atoms with E-state index in [1.807, 2.05) is 6.92 Å². The van der Waals surface area contributed by atoms with Crippen LogP contribution in [0.15, 0.2) is 18.2 Å². The highest BCUT2D eigenvalue weighted by Gasteiger charge is 2.26. The zero-order valence-corrected chi connectivity index (χ0v) is 23.4. The van der Waals surface area contributed by atoms with Gasteiger partial charge < -0.3 is 15.2 Å². The Labute approximate surface area is 217 Å². The Kier molecular flexibility index (Phi) is 17.4. The molecule has 1 rings (SSSR count). The topological polar surface area (TPSA) is 114 Å². The van der Waals surface area contributed by atoms with Crippen molar-refractivity contribution >= 4 is 25.2 Å². The van der Waals surface area contributed by atoms with Gasteiger partial charge in [0.05, 0.1) is 12.2 Å². The summed E-state index contributed by atoms with van der Waals surface area (Å²) in [5.41, 5.74) is 0.606. The SMILES string of the molecule is CCCCCCCCCCCCCC(=O)Nc1ccc(OP(=O)(O)OCCNC)c(C(=O)CCC)c1. The van der Waals surface area contributed by atoms with Gasteiger partial charge in [-0.1, -0.05) is 78.1 Å². The van der Waals surface area contributed by atoms with Crippen molar-refractivity contribution in [3.8, 4) is 5.75 Å². The van der Waals surface area contributed by atoms with Crippen LogP contribution in [-0.2, 0) is 13.9 Å². The number of likely N-dealkylation sites (N-methyl/N-ethyl adjacent to an activating group) is 1. The van der Waals surface area contributed by atoms with Gasteiger partial charge in [0.2, 0.25) is 5.91 Å². The molecular formula is C27H47N2O6P. The van der Waals surface area contributed by atoms with Crippen LogP contribution in [0.5, 0.6) is 5.75 Å². The van der Waals surface area contributed by atoms with Gasteiger partial charge in [0.1, 0.15) is 5.75 Å². The molecule has 36 heavy (non-hydrogen) atoms. The van der Waals surface area contributed by atoms with Crippen molar-refractivity contribution < 1.29 is 28.1 Å². The molecule has 0 radical (unpaired) electrons. The third-order valence-corrected chi connectivity index (χ3v) is 6.80. The predicted octanol–water partition coefficient (Wildman–Crippen LogP) is 7.02. The minimum Gasteiger partial charge on any atom is -0.403 e. The second-order valence-electron chi connectivity index (χ2n) is 9.21. The largest absolute Gasteiger partial charge is 0.527 e. The number of phosphoric ester groups is 1. The van der Waals surface area contributed by atoms with Crippen LogP contribution < -0.4 is 15.2 Å². The van der Waals surface area contributed by atoms with Crippen LogP contribution in [-0.4, -0.2) is 36.8 Å². The lowest BCUT2D eigenvalue weighted by Gasteiger charge is -2.16. The number of hydrogen-bond donors (Lipinski definition) is 3. The summed E-state index contributed by atoms with van der Waals surface area (Å²) in [6.45, 7) is 4.46. The number of Topliss-reactive ketones (excluding diaryl/α,β-unsaturated/α-hetero) is 1. The number of hydrogen-bond acceptors (Lipinski definition) is 6. The molecule has 1 atom stereocenters. The minimum absolute atomic E-state index is 0.0181. The fraction of sp³-hybridized carbons (Fsp3) is 0.704. The van der Waals surface area contributed by atoms with Gasteiger partial charge in [-0.25, -0.2) is 4.57 Å². The van der Waals surface area contributed by atoms with Gasteiger partial charge in [-0.2, -0.15) is 0 Å². The van der Waals surface area contributed by atoms with E-state index in [0.717, 1.165) is 19.3 Å². The van der Waals surface area contributed by atoms with Crippen LogP contribution in [0.2, 0.25) is 0 Å². The molecule has 0 bridgehead atoms. The van der Waals surface area contributed by atoms with Gasteiger partial charge in [0.15, 0.2) is 5.78 Å². The number of carbonyl (C=O) groups excluding carboxylic acids is 2. The van der Waals surface area contributed by atoms with Crippen molar-refractivity contribution in [1.82, 2.24) is 5.32 Å². The second-order valence-corrected chi connectivity index (χ2v) is 10.6. The van der Waals surface area contributed by atoms with E-state index in [-0.39, 0.29) is 36.0 Å². The summed E-state index contributed by atoms with van der Waals surface area (Å²) in [7, 11) is -2.69. The molecule has 0 aliphatic rings. The molecule has 0 aromatic heterocycles. The Morgan fingerprint density at radius 3 is 2.08 bits per heavy atom. The van der Waals surface area contributed by atoms with E-state index >= 15 is 0 Å². The third kappa shape index (κ3) is 14.7. The molecule has 1 unspecified atom stereocenters. The van der Waals surface area contributed by atoms with Crippen molar-refractivity contribution in [2.75, 3.05) is 25.5 Å². The first kappa shape index (κ1) is 32.3. The van der Waals surface area contributed by atoms with E-state index in [1.54, 1.807) is 13.1 Å². The molecule has 9 heteroatoms. The molecule has 0 saturated heterocycles. The van der Waals surface area contributed by atoms with Gasteiger partial charge in [-0.15, -0.1) is 0 Å². The van der Waals surface area contributed by atoms with Crippen LogP contribution in [0.1, 0.15) is 114 Å². The number of ketones is 1. The lowest BCUT2D eigenvalue weighted by atomic mass is 10.0. The average molecular weight is 527 g/mol. The molecule has 0 spiro atoms. The maximum atomic E-state index is 12.6. The quantitative estimate of drug-likeness (QED) is 0.0844. The van der Waals surface area contributed by atoms with Gasteiger partial charge in [0, 0.05) is 25.1 Å². The molecule has 1 aromatic carbocycles. The molecule has 206 valence electrons. The molecule has 3 N–H and O–H groups in total. The first-order valence-electron chi connectivity index (χ1n) is 13.6. The summed E-state index contributed by atoms with van der Waals surface area (Å²) in [4.78, 5) is 35.0. The predicted molar refractivity (Wildman–Crippen MR) is 146 cm³/mol. The van der Waals surface area contributed by atoms with Crippen molar-refractivity contribution in [3.63, 3.8) is 0 Å². The highest BCUT2D eigenvalue weighted by Crippen LogP contribution is 2.45. The molecule has 1 amide bonds. The number of nitrogens with one attached hydrogen (secondary N) is 2. The Hall–Kier alpha value is -1.73. The third-order valence-electron chi connectivity index (χ3n) is 5.87. The molecule has 8 nitrogen and oxygen atoms in total.